The van der Waals surface area contributed by atoms with Gasteiger partial charge in [0.05, 0.1) is 27.5 Å². The zero-order valence-electron chi connectivity index (χ0n) is 18.3. The Morgan fingerprint density at radius 2 is 1.73 bits per heavy atom. The molecular formula is C26H22N4O2S. The molecule has 33 heavy (non-hydrogen) atoms. The minimum Gasteiger partial charge on any atom is -0.272 e. The van der Waals surface area contributed by atoms with E-state index in [1.54, 1.807) is 23.2 Å². The van der Waals surface area contributed by atoms with Crippen molar-refractivity contribution in [3.63, 3.8) is 0 Å². The van der Waals surface area contributed by atoms with Gasteiger partial charge in [0, 0.05) is 5.39 Å². The lowest BCUT2D eigenvalue weighted by Gasteiger charge is -2.21. The van der Waals surface area contributed by atoms with Crippen molar-refractivity contribution in [1.82, 2.24) is 14.8 Å². The van der Waals surface area contributed by atoms with E-state index in [0.717, 1.165) is 15.6 Å². The first-order chi connectivity index (χ1) is 16.0. The van der Waals surface area contributed by atoms with Gasteiger partial charge < -0.3 is 0 Å². The summed E-state index contributed by atoms with van der Waals surface area (Å²) >= 11 is 1.44. The molecule has 0 aliphatic rings. The fourth-order valence-corrected chi connectivity index (χ4v) is 4.77. The van der Waals surface area contributed by atoms with Crippen LogP contribution in [-0.2, 0) is 11.3 Å². The molecule has 2 aromatic heterocycles. The van der Waals surface area contributed by atoms with Gasteiger partial charge in [-0.25, -0.2) is 9.67 Å². The number of amides is 1. The molecule has 1 amide bonds. The number of nitrogens with zero attached hydrogens (tertiary/aromatic N) is 4. The highest BCUT2D eigenvalue weighted by Gasteiger charge is 2.23. The van der Waals surface area contributed by atoms with Crippen LogP contribution in [0.5, 0.6) is 0 Å². The highest BCUT2D eigenvalue weighted by molar-refractivity contribution is 7.22. The van der Waals surface area contributed by atoms with E-state index in [0.29, 0.717) is 22.1 Å². The zero-order valence-corrected chi connectivity index (χ0v) is 19.1. The number of carbonyl (C=O) groups excluding carboxylic acids is 1. The van der Waals surface area contributed by atoms with E-state index >= 15 is 0 Å². The van der Waals surface area contributed by atoms with E-state index in [1.807, 2.05) is 60.7 Å². The van der Waals surface area contributed by atoms with E-state index in [1.165, 1.54) is 21.6 Å². The summed E-state index contributed by atoms with van der Waals surface area (Å²) in [4.78, 5) is 32.8. The Balaban J connectivity index is 1.57. The Kier molecular flexibility index (Phi) is 5.48. The largest absolute Gasteiger partial charge is 0.275 e. The van der Waals surface area contributed by atoms with Gasteiger partial charge in [-0.1, -0.05) is 67.6 Å². The normalized spacial score (nSPS) is 11.4. The zero-order chi connectivity index (χ0) is 22.9. The second kappa shape index (κ2) is 8.60. The number of fused-ring (bicyclic) bond motifs is 2. The minimum atomic E-state index is -0.291. The summed E-state index contributed by atoms with van der Waals surface area (Å²) in [6.45, 7) is 4.07. The monoisotopic (exact) mass is 454 g/mol. The topological polar surface area (TPSA) is 68.1 Å². The third-order valence-corrected chi connectivity index (χ3v) is 6.61. The number of rotatable bonds is 5. The standard InChI is InChI=1S/C26H22N4O2S/c1-17(2)18-11-13-20(14-12-18)30(26-28-22-9-5-6-10-23(22)33-26)24(31)16-29-25(32)21-8-4-3-7-19(21)15-27-29/h3-15,17H,16H2,1-2H3. The molecule has 0 fully saturated rings. The van der Waals surface area contributed by atoms with Crippen LogP contribution in [0.1, 0.15) is 25.3 Å². The summed E-state index contributed by atoms with van der Waals surface area (Å²) in [6, 6.07) is 22.9. The molecule has 164 valence electrons. The van der Waals surface area contributed by atoms with Gasteiger partial charge >= 0.3 is 0 Å². The number of benzene rings is 3. The molecule has 2 heterocycles. The SMILES string of the molecule is CC(C)c1ccc(N(C(=O)Cn2ncc3ccccc3c2=O)c2nc3ccccc3s2)cc1. The average Bonchev–Trinajstić information content (AvgIpc) is 3.25. The van der Waals surface area contributed by atoms with Crippen LogP contribution in [0, 0.1) is 0 Å². The predicted molar refractivity (Wildman–Crippen MR) is 133 cm³/mol. The van der Waals surface area contributed by atoms with Crippen LogP contribution >= 0.6 is 11.3 Å². The van der Waals surface area contributed by atoms with Gasteiger partial charge in [0.2, 0.25) is 0 Å². The summed E-state index contributed by atoms with van der Waals surface area (Å²) in [5, 5.41) is 6.08. The first-order valence-corrected chi connectivity index (χ1v) is 11.6. The molecule has 0 radical (unpaired) electrons. The molecule has 5 rings (SSSR count). The Labute approximate surface area is 194 Å². The van der Waals surface area contributed by atoms with Gasteiger partial charge in [0.15, 0.2) is 5.13 Å². The predicted octanol–water partition coefficient (Wildman–Crippen LogP) is 5.49. The summed E-state index contributed by atoms with van der Waals surface area (Å²) in [5.74, 6) is 0.0993. The van der Waals surface area contributed by atoms with Crippen molar-refractivity contribution < 1.29 is 4.79 Å². The number of anilines is 2. The summed E-state index contributed by atoms with van der Waals surface area (Å²) in [6.07, 6.45) is 1.61. The van der Waals surface area contributed by atoms with Gasteiger partial charge in [-0.2, -0.15) is 5.10 Å². The average molecular weight is 455 g/mol. The van der Waals surface area contributed by atoms with Gasteiger partial charge in [0.1, 0.15) is 6.54 Å². The molecule has 0 saturated carbocycles. The molecule has 7 heteroatoms. The molecule has 0 atom stereocenters. The van der Waals surface area contributed by atoms with Crippen LogP contribution in [0.15, 0.2) is 83.8 Å². The third-order valence-electron chi connectivity index (χ3n) is 5.59. The van der Waals surface area contributed by atoms with E-state index in [2.05, 4.69) is 18.9 Å². The maximum absolute atomic E-state index is 13.6. The number of hydrogen-bond donors (Lipinski definition) is 0. The fraction of sp³-hybridized carbons (Fsp3) is 0.154. The second-order valence-electron chi connectivity index (χ2n) is 8.13. The van der Waals surface area contributed by atoms with Crippen molar-refractivity contribution in [3.8, 4) is 0 Å². The van der Waals surface area contributed by atoms with Gasteiger partial charge in [-0.3, -0.25) is 14.5 Å². The van der Waals surface area contributed by atoms with Gasteiger partial charge in [-0.05, 0) is 41.8 Å². The maximum atomic E-state index is 13.6. The summed E-state index contributed by atoms with van der Waals surface area (Å²) in [7, 11) is 0. The molecule has 0 N–H and O–H groups in total. The van der Waals surface area contributed by atoms with Crippen molar-refractivity contribution in [1.29, 1.82) is 0 Å². The van der Waals surface area contributed by atoms with E-state index in [-0.39, 0.29) is 18.0 Å². The first-order valence-electron chi connectivity index (χ1n) is 10.7. The van der Waals surface area contributed by atoms with Crippen LogP contribution in [0.4, 0.5) is 10.8 Å². The Hall–Kier alpha value is -3.84. The molecular weight excluding hydrogens is 432 g/mol. The van der Waals surface area contributed by atoms with Gasteiger partial charge in [-0.15, -0.1) is 0 Å². The molecule has 3 aromatic carbocycles. The third kappa shape index (κ3) is 4.03. The van der Waals surface area contributed by atoms with Crippen LogP contribution in [0.3, 0.4) is 0 Å². The number of hydrogen-bond acceptors (Lipinski definition) is 5. The van der Waals surface area contributed by atoms with Crippen LogP contribution in [0.25, 0.3) is 21.0 Å². The first kappa shape index (κ1) is 21.0. The number of carbonyl (C=O) groups is 1. The molecule has 0 aliphatic carbocycles. The van der Waals surface area contributed by atoms with Gasteiger partial charge in [0.25, 0.3) is 11.5 Å². The van der Waals surface area contributed by atoms with E-state index in [4.69, 9.17) is 4.98 Å². The molecule has 6 nitrogen and oxygen atoms in total. The summed E-state index contributed by atoms with van der Waals surface area (Å²) < 4.78 is 2.21. The fourth-order valence-electron chi connectivity index (χ4n) is 3.76. The van der Waals surface area contributed by atoms with E-state index < -0.39 is 0 Å². The summed E-state index contributed by atoms with van der Waals surface area (Å²) in [5.41, 5.74) is 2.43. The Bertz CT molecular complexity index is 1490. The Morgan fingerprint density at radius 1 is 1.00 bits per heavy atom. The highest BCUT2D eigenvalue weighted by atomic mass is 32.1. The maximum Gasteiger partial charge on any atom is 0.275 e. The Morgan fingerprint density at radius 3 is 2.48 bits per heavy atom. The molecule has 0 bridgehead atoms. The van der Waals surface area contributed by atoms with Crippen molar-refractivity contribution in [2.24, 2.45) is 0 Å². The van der Waals surface area contributed by atoms with Crippen LogP contribution < -0.4 is 10.5 Å². The molecule has 0 spiro atoms. The van der Waals surface area contributed by atoms with Crippen LogP contribution in [0.2, 0.25) is 0 Å². The lowest BCUT2D eigenvalue weighted by molar-refractivity contribution is -0.118. The smallest absolute Gasteiger partial charge is 0.272 e. The molecule has 0 aliphatic heterocycles. The van der Waals surface area contributed by atoms with Crippen molar-refractivity contribution in [3.05, 3.63) is 94.9 Å². The number of thiazole rings is 1. The quantitative estimate of drug-likeness (QED) is 0.352. The molecule has 0 saturated heterocycles. The van der Waals surface area contributed by atoms with E-state index in [9.17, 15) is 9.59 Å². The lowest BCUT2D eigenvalue weighted by Crippen LogP contribution is -2.34. The minimum absolute atomic E-state index is 0.189. The molecule has 0 unspecified atom stereocenters. The van der Waals surface area contributed by atoms with Crippen molar-refractivity contribution >= 4 is 49.1 Å². The van der Waals surface area contributed by atoms with Crippen molar-refractivity contribution in [2.75, 3.05) is 4.90 Å². The molecule has 5 aromatic rings. The number of aromatic nitrogens is 3. The number of para-hydroxylation sites is 1. The highest BCUT2D eigenvalue weighted by Crippen LogP contribution is 2.34. The van der Waals surface area contributed by atoms with Crippen molar-refractivity contribution in [2.45, 2.75) is 26.3 Å². The lowest BCUT2D eigenvalue weighted by atomic mass is 10.0. The second-order valence-corrected chi connectivity index (χ2v) is 9.14. The van der Waals surface area contributed by atoms with Crippen LogP contribution in [-0.4, -0.2) is 20.7 Å².